The molecule has 16 heavy (non-hydrogen) atoms. The summed E-state index contributed by atoms with van der Waals surface area (Å²) in [6.07, 6.45) is 0. The van der Waals surface area contributed by atoms with Crippen molar-refractivity contribution in [2.75, 3.05) is 0 Å². The summed E-state index contributed by atoms with van der Waals surface area (Å²) < 4.78 is 1.63. The van der Waals surface area contributed by atoms with Crippen LogP contribution < -0.4 is 5.73 Å². The van der Waals surface area contributed by atoms with Crippen LogP contribution in [0, 0.1) is 13.8 Å². The Morgan fingerprint density at radius 1 is 1.12 bits per heavy atom. The van der Waals surface area contributed by atoms with Gasteiger partial charge in [-0.05, 0) is 13.8 Å². The average molecular weight is 215 g/mol. The van der Waals surface area contributed by atoms with E-state index in [2.05, 4.69) is 15.3 Å². The highest BCUT2D eigenvalue weighted by Crippen LogP contribution is 2.02. The standard InChI is InChI=1S/C11H13N5/c1-8-13-14-9(2)16(8)15-11(12)10-6-4-3-5-7-10/h3-7H,1-2H3,(H2,12,15). The summed E-state index contributed by atoms with van der Waals surface area (Å²) in [6.45, 7) is 3.67. The number of nitrogens with zero attached hydrogens (tertiary/aromatic N) is 4. The molecule has 1 heterocycles. The Kier molecular flexibility index (Phi) is 2.68. The molecule has 0 atom stereocenters. The van der Waals surface area contributed by atoms with Gasteiger partial charge in [0.05, 0.1) is 0 Å². The fourth-order valence-electron chi connectivity index (χ4n) is 1.38. The molecule has 0 amide bonds. The van der Waals surface area contributed by atoms with E-state index in [4.69, 9.17) is 5.73 Å². The molecule has 0 unspecified atom stereocenters. The Bertz CT molecular complexity index is 493. The van der Waals surface area contributed by atoms with Crippen LogP contribution in [-0.4, -0.2) is 20.7 Å². The highest BCUT2D eigenvalue weighted by molar-refractivity contribution is 5.97. The molecule has 0 aliphatic heterocycles. The van der Waals surface area contributed by atoms with E-state index in [-0.39, 0.29) is 0 Å². The van der Waals surface area contributed by atoms with E-state index < -0.39 is 0 Å². The first-order valence-corrected chi connectivity index (χ1v) is 4.97. The molecular formula is C11H13N5. The normalized spacial score (nSPS) is 11.8. The minimum atomic E-state index is 0.451. The average Bonchev–Trinajstić information content (AvgIpc) is 2.62. The number of benzene rings is 1. The van der Waals surface area contributed by atoms with Crippen molar-refractivity contribution < 1.29 is 0 Å². The van der Waals surface area contributed by atoms with Gasteiger partial charge >= 0.3 is 0 Å². The highest BCUT2D eigenvalue weighted by Gasteiger charge is 2.04. The molecule has 2 N–H and O–H groups in total. The Morgan fingerprint density at radius 2 is 1.69 bits per heavy atom. The van der Waals surface area contributed by atoms with E-state index in [0.717, 1.165) is 17.2 Å². The highest BCUT2D eigenvalue weighted by atomic mass is 15.5. The number of hydrogen-bond donors (Lipinski definition) is 1. The van der Waals surface area contributed by atoms with Crippen molar-refractivity contribution in [3.8, 4) is 0 Å². The third-order valence-corrected chi connectivity index (χ3v) is 2.23. The second-order valence-electron chi connectivity index (χ2n) is 3.46. The van der Waals surface area contributed by atoms with Gasteiger partial charge in [-0.1, -0.05) is 30.3 Å². The predicted molar refractivity (Wildman–Crippen MR) is 62.1 cm³/mol. The fourth-order valence-corrected chi connectivity index (χ4v) is 1.38. The van der Waals surface area contributed by atoms with Crippen molar-refractivity contribution in [1.82, 2.24) is 14.9 Å². The smallest absolute Gasteiger partial charge is 0.151 e. The topological polar surface area (TPSA) is 69.1 Å². The van der Waals surface area contributed by atoms with Gasteiger partial charge in [0.1, 0.15) is 0 Å². The van der Waals surface area contributed by atoms with E-state index in [1.165, 1.54) is 0 Å². The lowest BCUT2D eigenvalue weighted by Gasteiger charge is -2.02. The maximum atomic E-state index is 5.90. The zero-order chi connectivity index (χ0) is 11.5. The molecule has 5 nitrogen and oxygen atoms in total. The minimum Gasteiger partial charge on any atom is -0.382 e. The summed E-state index contributed by atoms with van der Waals surface area (Å²) in [5, 5.41) is 12.1. The van der Waals surface area contributed by atoms with Crippen LogP contribution >= 0.6 is 0 Å². The van der Waals surface area contributed by atoms with Gasteiger partial charge in [-0.25, -0.2) is 0 Å². The molecule has 0 aliphatic rings. The number of aromatic nitrogens is 3. The molecule has 0 fully saturated rings. The van der Waals surface area contributed by atoms with Gasteiger partial charge < -0.3 is 5.73 Å². The molecule has 0 bridgehead atoms. The van der Waals surface area contributed by atoms with Crippen LogP contribution in [0.1, 0.15) is 17.2 Å². The second kappa shape index (κ2) is 4.14. The van der Waals surface area contributed by atoms with Crippen molar-refractivity contribution in [3.63, 3.8) is 0 Å². The summed E-state index contributed by atoms with van der Waals surface area (Å²) in [4.78, 5) is 0. The van der Waals surface area contributed by atoms with Gasteiger partial charge in [0.15, 0.2) is 17.5 Å². The summed E-state index contributed by atoms with van der Waals surface area (Å²) in [5.41, 5.74) is 6.78. The minimum absolute atomic E-state index is 0.451. The third kappa shape index (κ3) is 1.93. The van der Waals surface area contributed by atoms with E-state index in [9.17, 15) is 0 Å². The monoisotopic (exact) mass is 215 g/mol. The quantitative estimate of drug-likeness (QED) is 0.601. The van der Waals surface area contributed by atoms with Crippen molar-refractivity contribution in [3.05, 3.63) is 47.5 Å². The first-order valence-electron chi connectivity index (χ1n) is 4.97. The van der Waals surface area contributed by atoms with Crippen molar-refractivity contribution in [2.24, 2.45) is 10.8 Å². The van der Waals surface area contributed by atoms with Crippen LogP contribution in [0.5, 0.6) is 0 Å². The van der Waals surface area contributed by atoms with Crippen LogP contribution in [0.4, 0.5) is 0 Å². The molecule has 0 saturated heterocycles. The molecule has 2 aromatic rings. The third-order valence-electron chi connectivity index (χ3n) is 2.23. The lowest BCUT2D eigenvalue weighted by molar-refractivity contribution is 0.792. The van der Waals surface area contributed by atoms with Gasteiger partial charge in [-0.3, -0.25) is 0 Å². The molecular weight excluding hydrogens is 202 g/mol. The van der Waals surface area contributed by atoms with Gasteiger partial charge in [0.25, 0.3) is 0 Å². The lowest BCUT2D eigenvalue weighted by atomic mass is 10.2. The van der Waals surface area contributed by atoms with Gasteiger partial charge in [0.2, 0.25) is 0 Å². The van der Waals surface area contributed by atoms with Crippen LogP contribution in [-0.2, 0) is 0 Å². The molecule has 82 valence electrons. The largest absolute Gasteiger partial charge is 0.382 e. The SMILES string of the molecule is Cc1nnc(C)n1N=C(N)c1ccccc1. The first kappa shape index (κ1) is 10.4. The van der Waals surface area contributed by atoms with Crippen LogP contribution in [0.25, 0.3) is 0 Å². The fraction of sp³-hybridized carbons (Fsp3) is 0.182. The van der Waals surface area contributed by atoms with Crippen LogP contribution in [0.2, 0.25) is 0 Å². The lowest BCUT2D eigenvalue weighted by Crippen LogP contribution is -2.16. The Morgan fingerprint density at radius 3 is 2.25 bits per heavy atom. The summed E-state index contributed by atoms with van der Waals surface area (Å²) in [7, 11) is 0. The number of aryl methyl sites for hydroxylation is 2. The summed E-state index contributed by atoms with van der Waals surface area (Å²) in [6, 6.07) is 9.60. The zero-order valence-electron chi connectivity index (χ0n) is 9.25. The number of nitrogens with two attached hydrogens (primary N) is 1. The van der Waals surface area contributed by atoms with E-state index in [0.29, 0.717) is 5.84 Å². The van der Waals surface area contributed by atoms with Crippen LogP contribution in [0.15, 0.2) is 35.4 Å². The van der Waals surface area contributed by atoms with Crippen molar-refractivity contribution in [2.45, 2.75) is 13.8 Å². The molecule has 1 aromatic carbocycles. The van der Waals surface area contributed by atoms with E-state index in [1.54, 1.807) is 4.68 Å². The molecule has 0 radical (unpaired) electrons. The van der Waals surface area contributed by atoms with Crippen molar-refractivity contribution in [1.29, 1.82) is 0 Å². The summed E-state index contributed by atoms with van der Waals surface area (Å²) in [5.74, 6) is 1.89. The molecule has 2 rings (SSSR count). The predicted octanol–water partition coefficient (Wildman–Crippen LogP) is 1.06. The maximum absolute atomic E-state index is 5.90. The zero-order valence-corrected chi connectivity index (χ0v) is 9.25. The number of hydrogen-bond acceptors (Lipinski definition) is 3. The summed E-state index contributed by atoms with van der Waals surface area (Å²) >= 11 is 0. The van der Waals surface area contributed by atoms with Gasteiger partial charge in [-0.2, -0.15) is 4.68 Å². The van der Waals surface area contributed by atoms with Crippen molar-refractivity contribution >= 4 is 5.84 Å². The Labute approximate surface area is 93.6 Å². The number of amidine groups is 1. The van der Waals surface area contributed by atoms with Gasteiger partial charge in [-0.15, -0.1) is 15.3 Å². The molecule has 5 heteroatoms. The molecule has 0 aliphatic carbocycles. The van der Waals surface area contributed by atoms with E-state index in [1.807, 2.05) is 44.2 Å². The Balaban J connectivity index is 2.39. The second-order valence-corrected chi connectivity index (χ2v) is 3.46. The van der Waals surface area contributed by atoms with Crippen LogP contribution in [0.3, 0.4) is 0 Å². The molecule has 0 spiro atoms. The molecule has 0 saturated carbocycles. The first-order chi connectivity index (χ1) is 7.68. The van der Waals surface area contributed by atoms with Gasteiger partial charge in [0, 0.05) is 5.56 Å². The molecule has 1 aromatic heterocycles. The Hall–Kier alpha value is -2.17. The number of rotatable bonds is 2. The van der Waals surface area contributed by atoms with E-state index >= 15 is 0 Å². The maximum Gasteiger partial charge on any atom is 0.151 e.